The molecule has 0 saturated carbocycles. The number of nitrogens with one attached hydrogen (secondary N) is 1. The molecule has 1 heterocycles. The summed E-state index contributed by atoms with van der Waals surface area (Å²) in [5.41, 5.74) is 9.08. The van der Waals surface area contributed by atoms with Gasteiger partial charge in [0.1, 0.15) is 0 Å². The summed E-state index contributed by atoms with van der Waals surface area (Å²) in [6.45, 7) is 0. The first kappa shape index (κ1) is 15.8. The summed E-state index contributed by atoms with van der Waals surface area (Å²) in [6.07, 6.45) is 0. The molecule has 3 aromatic carbocycles. The number of hydrogen-bond donors (Lipinski definition) is 2. The quantitative estimate of drug-likeness (QED) is 0.585. The Morgan fingerprint density at radius 3 is 2.31 bits per heavy atom. The predicted molar refractivity (Wildman–Crippen MR) is 103 cm³/mol. The van der Waals surface area contributed by atoms with Crippen molar-refractivity contribution in [2.45, 2.75) is 0 Å². The van der Waals surface area contributed by atoms with Gasteiger partial charge in [-0.2, -0.15) is 0 Å². The number of hydrogen-bond acceptors (Lipinski definition) is 4. The second-order valence-electron chi connectivity index (χ2n) is 5.81. The van der Waals surface area contributed by atoms with E-state index in [1.165, 1.54) is 0 Å². The maximum atomic E-state index is 11.7. The lowest BCUT2D eigenvalue weighted by molar-refractivity contribution is 0.100. The van der Waals surface area contributed by atoms with Crippen molar-refractivity contribution in [2.75, 3.05) is 5.32 Å². The van der Waals surface area contributed by atoms with Crippen LogP contribution in [0.2, 0.25) is 0 Å². The molecule has 0 unspecified atom stereocenters. The van der Waals surface area contributed by atoms with Crippen molar-refractivity contribution in [3.63, 3.8) is 0 Å². The van der Waals surface area contributed by atoms with Crippen LogP contribution in [0.1, 0.15) is 10.4 Å². The molecule has 0 aliphatic carbocycles. The maximum absolute atomic E-state index is 11.7. The van der Waals surface area contributed by atoms with E-state index in [2.05, 4.69) is 10.3 Å². The van der Waals surface area contributed by atoms with Crippen LogP contribution in [0.5, 0.6) is 0 Å². The fraction of sp³-hybridized carbons (Fsp3) is 0. The Hall–Kier alpha value is -3.73. The number of fused-ring (bicyclic) bond motifs is 1. The Morgan fingerprint density at radius 2 is 1.50 bits per heavy atom. The molecule has 1 aromatic heterocycles. The number of primary amides is 1. The van der Waals surface area contributed by atoms with E-state index in [0.29, 0.717) is 17.2 Å². The third kappa shape index (κ3) is 2.98. The Morgan fingerprint density at radius 1 is 0.808 bits per heavy atom. The van der Waals surface area contributed by atoms with Crippen molar-refractivity contribution < 1.29 is 4.79 Å². The fourth-order valence-corrected chi connectivity index (χ4v) is 2.88. The highest BCUT2D eigenvalue weighted by Crippen LogP contribution is 2.28. The number of carbonyl (C=O) groups is 1. The highest BCUT2D eigenvalue weighted by Gasteiger charge is 2.12. The SMILES string of the molecule is NC(=O)c1ccccc1Nc1nc(-c2ccccc2)c2ccccc2n1. The zero-order valence-electron chi connectivity index (χ0n) is 13.9. The van der Waals surface area contributed by atoms with Gasteiger partial charge >= 0.3 is 0 Å². The van der Waals surface area contributed by atoms with Gasteiger partial charge in [0.15, 0.2) is 0 Å². The Bertz CT molecular complexity index is 1090. The summed E-state index contributed by atoms with van der Waals surface area (Å²) < 4.78 is 0. The molecule has 3 N–H and O–H groups in total. The second kappa shape index (κ2) is 6.64. The van der Waals surface area contributed by atoms with Crippen molar-refractivity contribution >= 4 is 28.4 Å². The maximum Gasteiger partial charge on any atom is 0.250 e. The van der Waals surface area contributed by atoms with Crippen molar-refractivity contribution in [3.8, 4) is 11.3 Å². The zero-order chi connectivity index (χ0) is 17.9. The smallest absolute Gasteiger partial charge is 0.250 e. The van der Waals surface area contributed by atoms with E-state index in [0.717, 1.165) is 22.2 Å². The molecule has 5 nitrogen and oxygen atoms in total. The molecule has 5 heteroatoms. The highest BCUT2D eigenvalue weighted by atomic mass is 16.1. The minimum absolute atomic E-state index is 0.394. The second-order valence-corrected chi connectivity index (χ2v) is 5.81. The van der Waals surface area contributed by atoms with Crippen molar-refractivity contribution in [1.82, 2.24) is 9.97 Å². The molecule has 1 amide bonds. The average molecular weight is 340 g/mol. The van der Waals surface area contributed by atoms with Gasteiger partial charge in [0, 0.05) is 10.9 Å². The van der Waals surface area contributed by atoms with Gasteiger partial charge in [0.25, 0.3) is 5.91 Å². The molecular formula is C21H16N4O. The molecule has 4 rings (SSSR count). The van der Waals surface area contributed by atoms with Crippen LogP contribution in [0.4, 0.5) is 11.6 Å². The van der Waals surface area contributed by atoms with E-state index >= 15 is 0 Å². The molecule has 0 atom stereocenters. The summed E-state index contributed by atoms with van der Waals surface area (Å²) in [5.74, 6) is -0.0894. The number of aromatic nitrogens is 2. The highest BCUT2D eigenvalue weighted by molar-refractivity contribution is 5.99. The predicted octanol–water partition coefficient (Wildman–Crippen LogP) is 4.14. The van der Waals surface area contributed by atoms with E-state index < -0.39 is 5.91 Å². The normalized spacial score (nSPS) is 10.6. The van der Waals surface area contributed by atoms with E-state index in [1.807, 2.05) is 60.7 Å². The molecule has 26 heavy (non-hydrogen) atoms. The number of anilines is 2. The average Bonchev–Trinajstić information content (AvgIpc) is 2.68. The van der Waals surface area contributed by atoms with Gasteiger partial charge in [0.05, 0.1) is 22.5 Å². The van der Waals surface area contributed by atoms with Crippen LogP contribution in [0.15, 0.2) is 78.9 Å². The van der Waals surface area contributed by atoms with Crippen molar-refractivity contribution in [1.29, 1.82) is 0 Å². The molecule has 4 aromatic rings. The van der Waals surface area contributed by atoms with Gasteiger partial charge < -0.3 is 11.1 Å². The van der Waals surface area contributed by atoms with Crippen LogP contribution in [0.25, 0.3) is 22.2 Å². The minimum atomic E-state index is -0.503. The fourth-order valence-electron chi connectivity index (χ4n) is 2.88. The Balaban J connectivity index is 1.86. The Kier molecular flexibility index (Phi) is 4.03. The molecular weight excluding hydrogens is 324 g/mol. The number of rotatable bonds is 4. The van der Waals surface area contributed by atoms with Crippen LogP contribution in [0.3, 0.4) is 0 Å². The molecule has 0 aliphatic heterocycles. The monoisotopic (exact) mass is 340 g/mol. The standard InChI is InChI=1S/C21H16N4O/c22-20(26)16-11-5-7-13-18(16)24-21-23-17-12-6-4-10-15(17)19(25-21)14-8-2-1-3-9-14/h1-13H,(H2,22,26)(H,23,24,25). The topological polar surface area (TPSA) is 80.9 Å². The largest absolute Gasteiger partial charge is 0.366 e. The van der Waals surface area contributed by atoms with Gasteiger partial charge in [-0.1, -0.05) is 60.7 Å². The molecule has 0 spiro atoms. The van der Waals surface area contributed by atoms with Gasteiger partial charge in [-0.25, -0.2) is 9.97 Å². The van der Waals surface area contributed by atoms with Gasteiger partial charge in [-0.3, -0.25) is 4.79 Å². The lowest BCUT2D eigenvalue weighted by Crippen LogP contribution is -2.13. The van der Waals surface area contributed by atoms with Crippen LogP contribution in [-0.2, 0) is 0 Å². The first-order valence-electron chi connectivity index (χ1n) is 8.20. The van der Waals surface area contributed by atoms with Crippen LogP contribution >= 0.6 is 0 Å². The number of para-hydroxylation sites is 2. The van der Waals surface area contributed by atoms with Crippen molar-refractivity contribution in [3.05, 3.63) is 84.4 Å². The van der Waals surface area contributed by atoms with E-state index in [4.69, 9.17) is 10.7 Å². The van der Waals surface area contributed by atoms with Crippen LogP contribution < -0.4 is 11.1 Å². The number of nitrogens with zero attached hydrogens (tertiary/aromatic N) is 2. The van der Waals surface area contributed by atoms with Crippen molar-refractivity contribution in [2.24, 2.45) is 5.73 Å². The van der Waals surface area contributed by atoms with E-state index in [-0.39, 0.29) is 0 Å². The summed E-state index contributed by atoms with van der Waals surface area (Å²) in [5, 5.41) is 4.10. The summed E-state index contributed by atoms with van der Waals surface area (Å²) in [4.78, 5) is 20.9. The number of nitrogens with two attached hydrogens (primary N) is 1. The number of benzene rings is 3. The third-order valence-corrected chi connectivity index (χ3v) is 4.09. The molecule has 0 fully saturated rings. The summed E-state index contributed by atoms with van der Waals surface area (Å²) in [6, 6.07) is 24.8. The lowest BCUT2D eigenvalue weighted by atomic mass is 10.1. The molecule has 0 bridgehead atoms. The number of amides is 1. The van der Waals surface area contributed by atoms with Crippen LogP contribution in [0, 0.1) is 0 Å². The van der Waals surface area contributed by atoms with Gasteiger partial charge in [-0.05, 0) is 18.2 Å². The third-order valence-electron chi connectivity index (χ3n) is 4.09. The first-order chi connectivity index (χ1) is 12.7. The molecule has 0 saturated heterocycles. The first-order valence-corrected chi connectivity index (χ1v) is 8.20. The molecule has 0 radical (unpaired) electrons. The molecule has 126 valence electrons. The minimum Gasteiger partial charge on any atom is -0.366 e. The summed E-state index contributed by atoms with van der Waals surface area (Å²) in [7, 11) is 0. The molecule has 0 aliphatic rings. The van der Waals surface area contributed by atoms with Crippen LogP contribution in [-0.4, -0.2) is 15.9 Å². The van der Waals surface area contributed by atoms with E-state index in [9.17, 15) is 4.79 Å². The summed E-state index contributed by atoms with van der Waals surface area (Å²) >= 11 is 0. The van der Waals surface area contributed by atoms with E-state index in [1.54, 1.807) is 18.2 Å². The lowest BCUT2D eigenvalue weighted by Gasteiger charge is -2.12. The van der Waals surface area contributed by atoms with Gasteiger partial charge in [-0.15, -0.1) is 0 Å². The zero-order valence-corrected chi connectivity index (χ0v) is 13.9. The number of carbonyl (C=O) groups excluding carboxylic acids is 1. The Labute approximate surface area is 150 Å². The van der Waals surface area contributed by atoms with Gasteiger partial charge in [0.2, 0.25) is 5.95 Å².